The molecule has 0 amide bonds. The Labute approximate surface area is 143 Å². The molecule has 3 aromatic rings. The van der Waals surface area contributed by atoms with Gasteiger partial charge in [0.2, 0.25) is 0 Å². The molecule has 2 aromatic carbocycles. The third kappa shape index (κ3) is 4.78. The van der Waals surface area contributed by atoms with Gasteiger partial charge in [-0.15, -0.1) is 35.0 Å². The van der Waals surface area contributed by atoms with Crippen LogP contribution in [0.15, 0.2) is 60.5 Å². The largest absolute Gasteiger partial charge is 0.512 e. The van der Waals surface area contributed by atoms with Crippen LogP contribution in [0.3, 0.4) is 0 Å². The fourth-order valence-corrected chi connectivity index (χ4v) is 2.03. The molecule has 1 heterocycles. The third-order valence-corrected chi connectivity index (χ3v) is 2.82. The van der Waals surface area contributed by atoms with Crippen LogP contribution in [0.25, 0.3) is 21.7 Å². The number of pyridine rings is 1. The number of aromatic nitrogens is 1. The van der Waals surface area contributed by atoms with E-state index in [4.69, 9.17) is 5.11 Å². The molecule has 0 bridgehead atoms. The van der Waals surface area contributed by atoms with Crippen LogP contribution in [0, 0.1) is 6.07 Å². The molecule has 4 heteroatoms. The predicted molar refractivity (Wildman–Crippen MR) is 85.2 cm³/mol. The van der Waals surface area contributed by atoms with Crippen molar-refractivity contribution in [1.82, 2.24) is 4.98 Å². The number of aliphatic hydroxyl groups excluding tert-OH is 1. The molecule has 0 fully saturated rings. The normalized spacial score (nSPS) is 10.5. The predicted octanol–water partition coefficient (Wildman–Crippen LogP) is 4.22. The average Bonchev–Trinajstić information content (AvgIpc) is 2.46. The van der Waals surface area contributed by atoms with Crippen molar-refractivity contribution in [1.29, 1.82) is 0 Å². The quantitative estimate of drug-likeness (QED) is 0.249. The van der Waals surface area contributed by atoms with Gasteiger partial charge in [-0.1, -0.05) is 18.2 Å². The third-order valence-electron chi connectivity index (χ3n) is 2.82. The summed E-state index contributed by atoms with van der Waals surface area (Å²) in [7, 11) is 0. The Morgan fingerprint density at radius 1 is 1.14 bits per heavy atom. The van der Waals surface area contributed by atoms with Gasteiger partial charge in [-0.2, -0.15) is 0 Å². The first-order chi connectivity index (χ1) is 10.1. The SMILES string of the molecule is CC(=O)/C=C(/C)O.[Pt].[c-]1cccc2ccc3cccnc3c12. The fourth-order valence-electron chi connectivity index (χ4n) is 2.03. The molecule has 0 saturated heterocycles. The van der Waals surface area contributed by atoms with Crippen LogP contribution >= 0.6 is 0 Å². The van der Waals surface area contributed by atoms with Gasteiger partial charge in [0.25, 0.3) is 0 Å². The van der Waals surface area contributed by atoms with Gasteiger partial charge < -0.3 is 10.1 Å². The summed E-state index contributed by atoms with van der Waals surface area (Å²) in [6.07, 6.45) is 2.99. The molecule has 1 aromatic heterocycles. The van der Waals surface area contributed by atoms with Gasteiger partial charge in [-0.25, -0.2) is 0 Å². The fraction of sp³-hybridized carbons (Fsp3) is 0.111. The van der Waals surface area contributed by atoms with Gasteiger partial charge in [0, 0.05) is 33.3 Å². The smallest absolute Gasteiger partial charge is 0.155 e. The molecule has 3 nitrogen and oxygen atoms in total. The molecule has 0 radical (unpaired) electrons. The number of hydrogen-bond donors (Lipinski definition) is 1. The van der Waals surface area contributed by atoms with Crippen LogP contribution in [0.5, 0.6) is 0 Å². The van der Waals surface area contributed by atoms with Gasteiger partial charge in [0.15, 0.2) is 5.78 Å². The zero-order valence-electron chi connectivity index (χ0n) is 12.3. The maximum atomic E-state index is 10.0. The van der Waals surface area contributed by atoms with Crippen molar-refractivity contribution in [3.63, 3.8) is 0 Å². The minimum atomic E-state index is -0.125. The van der Waals surface area contributed by atoms with E-state index in [1.165, 1.54) is 30.7 Å². The zero-order chi connectivity index (χ0) is 15.2. The summed E-state index contributed by atoms with van der Waals surface area (Å²) in [4.78, 5) is 14.4. The summed E-state index contributed by atoms with van der Waals surface area (Å²) in [5, 5.41) is 11.8. The Kier molecular flexibility index (Phi) is 6.94. The number of ketones is 1. The number of allylic oxidation sites excluding steroid dienone is 2. The van der Waals surface area contributed by atoms with Crippen LogP contribution in [0.2, 0.25) is 0 Å². The first-order valence-corrected chi connectivity index (χ1v) is 6.60. The summed E-state index contributed by atoms with van der Waals surface area (Å²) in [6, 6.07) is 17.5. The van der Waals surface area contributed by atoms with E-state index in [0.717, 1.165) is 10.9 Å². The molecular formula is C18H16NO2Pt-. The molecule has 0 unspecified atom stereocenters. The van der Waals surface area contributed by atoms with Crippen LogP contribution in [0.4, 0.5) is 0 Å². The second-order valence-electron chi connectivity index (χ2n) is 4.67. The second-order valence-corrected chi connectivity index (χ2v) is 4.67. The van der Waals surface area contributed by atoms with E-state index in [-0.39, 0.29) is 32.6 Å². The molecule has 3 rings (SSSR count). The number of carbonyl (C=O) groups excluding carboxylic acids is 1. The summed E-state index contributed by atoms with van der Waals surface area (Å²) >= 11 is 0. The number of benzene rings is 2. The van der Waals surface area contributed by atoms with Crippen LogP contribution < -0.4 is 0 Å². The molecule has 0 saturated carbocycles. The van der Waals surface area contributed by atoms with Crippen molar-refractivity contribution in [2.75, 3.05) is 0 Å². The van der Waals surface area contributed by atoms with Gasteiger partial charge in [0.1, 0.15) is 0 Å². The maximum absolute atomic E-state index is 10.0. The Bertz CT molecular complexity index is 753. The average molecular weight is 473 g/mol. The molecular weight excluding hydrogens is 457 g/mol. The van der Waals surface area contributed by atoms with Crippen molar-refractivity contribution in [2.45, 2.75) is 13.8 Å². The van der Waals surface area contributed by atoms with E-state index in [1.807, 2.05) is 24.4 Å². The van der Waals surface area contributed by atoms with Crippen molar-refractivity contribution in [2.24, 2.45) is 0 Å². The number of aliphatic hydroxyl groups is 1. The molecule has 0 aliphatic carbocycles. The number of rotatable bonds is 1. The number of nitrogens with zero attached hydrogens (tertiary/aromatic N) is 1. The Hall–Kier alpha value is -1.99. The first kappa shape index (κ1) is 18.1. The molecule has 22 heavy (non-hydrogen) atoms. The maximum Gasteiger partial charge on any atom is 0.155 e. The van der Waals surface area contributed by atoms with Gasteiger partial charge in [0.05, 0.1) is 5.76 Å². The number of fused-ring (bicyclic) bond motifs is 3. The van der Waals surface area contributed by atoms with Crippen molar-refractivity contribution in [3.05, 3.63) is 66.6 Å². The van der Waals surface area contributed by atoms with Crippen LogP contribution in [0.1, 0.15) is 13.8 Å². The summed E-state index contributed by atoms with van der Waals surface area (Å²) in [5.74, 6) is -0.0625. The van der Waals surface area contributed by atoms with Gasteiger partial charge >= 0.3 is 0 Å². The van der Waals surface area contributed by atoms with E-state index in [1.54, 1.807) is 0 Å². The van der Waals surface area contributed by atoms with E-state index in [2.05, 4.69) is 35.3 Å². The molecule has 116 valence electrons. The monoisotopic (exact) mass is 473 g/mol. The molecule has 0 aliphatic heterocycles. The van der Waals surface area contributed by atoms with Crippen LogP contribution in [-0.2, 0) is 25.9 Å². The Balaban J connectivity index is 0.000000264. The minimum absolute atomic E-state index is 0. The van der Waals surface area contributed by atoms with Crippen molar-refractivity contribution < 1.29 is 31.0 Å². The Morgan fingerprint density at radius 3 is 2.45 bits per heavy atom. The number of hydrogen-bond acceptors (Lipinski definition) is 3. The molecule has 0 aliphatic rings. The standard InChI is InChI=1S/C13H8N.C5H8O2.Pt/c1-2-6-12-10(4-1)7-8-11-5-3-9-14-13(11)12;1-4(6)3-5(2)7;/h1-5,7-9H;3,6H,1-2H3;/q-1;;/b;4-3-;. The van der Waals surface area contributed by atoms with Gasteiger partial charge in [-0.3, -0.25) is 4.79 Å². The van der Waals surface area contributed by atoms with Crippen molar-refractivity contribution >= 4 is 27.5 Å². The summed E-state index contributed by atoms with van der Waals surface area (Å²) in [6.45, 7) is 2.85. The second kappa shape index (κ2) is 8.45. The Morgan fingerprint density at radius 2 is 1.82 bits per heavy atom. The van der Waals surface area contributed by atoms with Gasteiger partial charge in [-0.05, 0) is 30.8 Å². The number of carbonyl (C=O) groups is 1. The first-order valence-electron chi connectivity index (χ1n) is 6.60. The van der Waals surface area contributed by atoms with E-state index in [0.29, 0.717) is 0 Å². The summed E-state index contributed by atoms with van der Waals surface area (Å²) < 4.78 is 0. The van der Waals surface area contributed by atoms with E-state index >= 15 is 0 Å². The zero-order valence-corrected chi connectivity index (χ0v) is 14.6. The summed E-state index contributed by atoms with van der Waals surface area (Å²) in [5.41, 5.74) is 1.03. The molecule has 0 spiro atoms. The molecule has 1 N–H and O–H groups in total. The topological polar surface area (TPSA) is 50.2 Å². The minimum Gasteiger partial charge on any atom is -0.512 e. The van der Waals surface area contributed by atoms with Crippen LogP contribution in [-0.4, -0.2) is 15.9 Å². The van der Waals surface area contributed by atoms with E-state index < -0.39 is 0 Å². The molecule has 0 atom stereocenters. The van der Waals surface area contributed by atoms with E-state index in [9.17, 15) is 4.79 Å². The van der Waals surface area contributed by atoms with Crippen molar-refractivity contribution in [3.8, 4) is 0 Å².